The molecule has 0 aliphatic carbocycles. The van der Waals surface area contributed by atoms with Gasteiger partial charge in [0.1, 0.15) is 0 Å². The Hall–Kier alpha value is -1.21. The minimum atomic E-state index is -4.64. The fourth-order valence-corrected chi connectivity index (χ4v) is 0.497. The van der Waals surface area contributed by atoms with Crippen molar-refractivity contribution in [2.75, 3.05) is 0 Å². The number of aliphatic carboxylic acids is 1. The van der Waals surface area contributed by atoms with Gasteiger partial charge in [0.2, 0.25) is 0 Å². The summed E-state index contributed by atoms with van der Waals surface area (Å²) in [5, 5.41) is 8.41. The molecule has 0 saturated carbocycles. The van der Waals surface area contributed by atoms with Crippen LogP contribution in [0.5, 0.6) is 0 Å². The molecular formula is C7H13O8P. The predicted molar refractivity (Wildman–Crippen MR) is 52.3 cm³/mol. The number of phosphoric acid groups is 1. The summed E-state index contributed by atoms with van der Waals surface area (Å²) in [7, 11) is -4.64. The van der Waals surface area contributed by atoms with Crippen molar-refractivity contribution in [1.29, 1.82) is 0 Å². The van der Waals surface area contributed by atoms with E-state index in [0.717, 1.165) is 6.08 Å². The van der Waals surface area contributed by atoms with Gasteiger partial charge in [0.15, 0.2) is 6.10 Å². The molecule has 9 heteroatoms. The maximum absolute atomic E-state index is 10.5. The molecule has 0 aromatic heterocycles. The third kappa shape index (κ3) is 15.3. The van der Waals surface area contributed by atoms with Crippen molar-refractivity contribution >= 4 is 19.8 Å². The van der Waals surface area contributed by atoms with Crippen LogP contribution in [-0.4, -0.2) is 37.8 Å². The van der Waals surface area contributed by atoms with Gasteiger partial charge >= 0.3 is 19.8 Å². The third-order valence-electron chi connectivity index (χ3n) is 1.07. The van der Waals surface area contributed by atoms with E-state index in [0.29, 0.717) is 0 Å². The lowest BCUT2D eigenvalue weighted by Crippen LogP contribution is -2.25. The smallest absolute Gasteiger partial charge is 0.466 e. The van der Waals surface area contributed by atoms with E-state index in [1.54, 1.807) is 6.92 Å². The number of carboxylic acids is 1. The van der Waals surface area contributed by atoms with E-state index in [4.69, 9.17) is 24.4 Å². The highest BCUT2D eigenvalue weighted by Gasteiger charge is 2.17. The molecule has 8 nitrogen and oxygen atoms in total. The molecule has 0 spiro atoms. The van der Waals surface area contributed by atoms with Crippen LogP contribution < -0.4 is 0 Å². The van der Waals surface area contributed by atoms with Crippen LogP contribution >= 0.6 is 7.82 Å². The van der Waals surface area contributed by atoms with Gasteiger partial charge in [-0.1, -0.05) is 13.5 Å². The van der Waals surface area contributed by atoms with Crippen LogP contribution in [0.2, 0.25) is 0 Å². The van der Waals surface area contributed by atoms with Gasteiger partial charge in [0.05, 0.1) is 0 Å². The summed E-state index contributed by atoms with van der Waals surface area (Å²) in [6.07, 6.45) is 0.140. The maximum Gasteiger partial charge on any atom is 0.466 e. The number of ether oxygens (including phenoxy) is 1. The number of hydrogen-bond acceptors (Lipinski definition) is 4. The maximum atomic E-state index is 10.5. The molecule has 0 aliphatic heterocycles. The molecule has 0 aromatic rings. The van der Waals surface area contributed by atoms with Crippen LogP contribution in [0.4, 0.5) is 0 Å². The Bertz CT molecular complexity index is 284. The summed E-state index contributed by atoms with van der Waals surface area (Å²) in [5.74, 6) is -1.85. The molecule has 0 heterocycles. The molecule has 16 heavy (non-hydrogen) atoms. The van der Waals surface area contributed by atoms with E-state index in [-0.39, 0.29) is 6.42 Å². The average Bonchev–Trinajstić information content (AvgIpc) is 2.10. The second kappa shape index (κ2) is 8.00. The molecule has 0 bridgehead atoms. The van der Waals surface area contributed by atoms with Crippen molar-refractivity contribution in [1.82, 2.24) is 0 Å². The molecular weight excluding hydrogens is 243 g/mol. The number of rotatable bonds is 4. The van der Waals surface area contributed by atoms with Crippen molar-refractivity contribution in [3.05, 3.63) is 12.7 Å². The van der Waals surface area contributed by atoms with Crippen molar-refractivity contribution in [2.24, 2.45) is 0 Å². The summed E-state index contributed by atoms with van der Waals surface area (Å²) >= 11 is 0. The van der Waals surface area contributed by atoms with Gasteiger partial charge in [0, 0.05) is 6.08 Å². The van der Waals surface area contributed by atoms with E-state index >= 15 is 0 Å². The first kappa shape index (κ1) is 17.2. The first-order valence-corrected chi connectivity index (χ1v) is 5.52. The highest BCUT2D eigenvalue weighted by Crippen LogP contribution is 2.25. The van der Waals surface area contributed by atoms with Crippen molar-refractivity contribution < 1.29 is 38.7 Å². The zero-order valence-electron chi connectivity index (χ0n) is 8.44. The number of esters is 1. The largest absolute Gasteiger partial charge is 0.479 e. The Morgan fingerprint density at radius 2 is 1.81 bits per heavy atom. The highest BCUT2D eigenvalue weighted by atomic mass is 31.2. The van der Waals surface area contributed by atoms with Crippen molar-refractivity contribution in [3.63, 3.8) is 0 Å². The van der Waals surface area contributed by atoms with Crippen LogP contribution in [0.25, 0.3) is 0 Å². The summed E-state index contributed by atoms with van der Waals surface area (Å²) in [6.45, 7) is 4.76. The summed E-state index contributed by atoms with van der Waals surface area (Å²) in [4.78, 5) is 42.3. The van der Waals surface area contributed by atoms with Gasteiger partial charge in [0.25, 0.3) is 0 Å². The molecule has 4 N–H and O–H groups in total. The monoisotopic (exact) mass is 256 g/mol. The fraction of sp³-hybridized carbons (Fsp3) is 0.429. The van der Waals surface area contributed by atoms with E-state index in [1.807, 2.05) is 0 Å². The van der Waals surface area contributed by atoms with E-state index < -0.39 is 25.9 Å². The molecule has 0 fully saturated rings. The zero-order valence-corrected chi connectivity index (χ0v) is 9.33. The number of hydrogen-bond donors (Lipinski definition) is 4. The third-order valence-corrected chi connectivity index (χ3v) is 1.07. The van der Waals surface area contributed by atoms with E-state index in [1.165, 1.54) is 0 Å². The first-order chi connectivity index (χ1) is 7.11. The molecule has 0 rings (SSSR count). The Kier molecular flexibility index (Phi) is 8.60. The Labute approximate surface area is 91.4 Å². The van der Waals surface area contributed by atoms with E-state index in [9.17, 15) is 9.59 Å². The molecule has 1 unspecified atom stereocenters. The predicted octanol–water partition coefficient (Wildman–Crippen LogP) is -0.350. The van der Waals surface area contributed by atoms with Crippen molar-refractivity contribution in [3.8, 4) is 0 Å². The van der Waals surface area contributed by atoms with Gasteiger partial charge in [-0.25, -0.2) is 14.2 Å². The average molecular weight is 256 g/mol. The molecule has 0 aromatic carbocycles. The summed E-state index contributed by atoms with van der Waals surface area (Å²) in [5.41, 5.74) is 0. The Morgan fingerprint density at radius 3 is 2.00 bits per heavy atom. The molecule has 0 aliphatic rings. The zero-order chi connectivity index (χ0) is 13.4. The second-order valence-corrected chi connectivity index (χ2v) is 3.42. The normalized spacial score (nSPS) is 11.8. The van der Waals surface area contributed by atoms with Crippen LogP contribution in [0.3, 0.4) is 0 Å². The van der Waals surface area contributed by atoms with Crippen LogP contribution in [0.15, 0.2) is 12.7 Å². The molecule has 0 amide bonds. The second-order valence-electron chi connectivity index (χ2n) is 2.39. The fourth-order valence-electron chi connectivity index (χ4n) is 0.497. The Morgan fingerprint density at radius 1 is 1.44 bits per heavy atom. The summed E-state index contributed by atoms with van der Waals surface area (Å²) < 4.78 is 13.3. The molecule has 1 atom stereocenters. The summed E-state index contributed by atoms with van der Waals surface area (Å²) in [6, 6.07) is 0. The number of carbonyl (C=O) groups excluding carboxylic acids is 1. The van der Waals surface area contributed by atoms with Gasteiger partial charge in [-0.15, -0.1) is 0 Å². The Balaban J connectivity index is 0. The number of carboxylic acid groups (broad SMARTS) is 1. The van der Waals surface area contributed by atoms with Crippen LogP contribution in [0.1, 0.15) is 13.3 Å². The van der Waals surface area contributed by atoms with Gasteiger partial charge in [-0.3, -0.25) is 0 Å². The van der Waals surface area contributed by atoms with Gasteiger partial charge in [-0.2, -0.15) is 0 Å². The van der Waals surface area contributed by atoms with E-state index in [2.05, 4.69) is 11.3 Å². The lowest BCUT2D eigenvalue weighted by molar-refractivity contribution is -0.160. The van der Waals surface area contributed by atoms with Gasteiger partial charge in [-0.05, 0) is 6.42 Å². The standard InChI is InChI=1S/C7H10O4.H3O4P/c1-3-5(7(9)10)11-6(8)4-2;1-5(2,3)4/h4-5H,2-3H2,1H3,(H,9,10);(H3,1,2,3,4). The number of carbonyl (C=O) groups is 2. The quantitative estimate of drug-likeness (QED) is 0.304. The van der Waals surface area contributed by atoms with Crippen molar-refractivity contribution in [2.45, 2.75) is 19.4 Å². The molecule has 0 saturated heterocycles. The first-order valence-electron chi connectivity index (χ1n) is 3.96. The minimum absolute atomic E-state index is 0.259. The minimum Gasteiger partial charge on any atom is -0.479 e. The topological polar surface area (TPSA) is 141 Å². The SMILES string of the molecule is C=CC(=O)OC(CC)C(=O)O.O=P(O)(O)O. The molecule has 0 radical (unpaired) electrons. The lowest BCUT2D eigenvalue weighted by atomic mass is 10.3. The lowest BCUT2D eigenvalue weighted by Gasteiger charge is -2.08. The highest BCUT2D eigenvalue weighted by molar-refractivity contribution is 7.45. The van der Waals surface area contributed by atoms with Crippen LogP contribution in [0, 0.1) is 0 Å². The molecule has 94 valence electrons. The van der Waals surface area contributed by atoms with Crippen LogP contribution in [-0.2, 0) is 18.9 Å². The van der Waals surface area contributed by atoms with Gasteiger partial charge < -0.3 is 24.5 Å².